The minimum absolute atomic E-state index is 0. The van der Waals surface area contributed by atoms with Crippen LogP contribution in [0.4, 0.5) is 0 Å². The molecule has 0 bridgehead atoms. The van der Waals surface area contributed by atoms with Crippen molar-refractivity contribution in [2.24, 2.45) is 0 Å². The zero-order chi connectivity index (χ0) is 0. The molecule has 0 nitrogen and oxygen atoms in total. The topological polar surface area (TPSA) is 0 Å². The van der Waals surface area contributed by atoms with Crippen LogP contribution in [-0.4, -0.2) is 56.6 Å². The Labute approximate surface area is 95.4 Å². The molecule has 0 saturated heterocycles. The summed E-state index contributed by atoms with van der Waals surface area (Å²) < 4.78 is 0. The molecule has 4 heavy (non-hydrogen) atoms. The summed E-state index contributed by atoms with van der Waals surface area (Å²) in [5, 5.41) is 0. The number of hydrogen-bond acceptors (Lipinski definition) is 0. The zero-order valence-corrected chi connectivity index (χ0v) is 4.86. The van der Waals surface area contributed by atoms with E-state index in [1.165, 1.54) is 0 Å². The number of hydrogen-bond donors (Lipinski definition) is 0. The predicted octanol–water partition coefficient (Wildman–Crippen LogP) is -0.369. The molecule has 0 spiro atoms. The van der Waals surface area contributed by atoms with Gasteiger partial charge in [-0.15, -0.1) is 41.0 Å². The molecule has 0 aliphatic carbocycles. The predicted molar refractivity (Wildman–Crippen MR) is 41.4 cm³/mol. The van der Waals surface area contributed by atoms with Gasteiger partial charge in [-0.3, -0.25) is 0 Å². The van der Waals surface area contributed by atoms with Crippen LogP contribution in [0, 0.1) is 0 Å². The SMILES string of the molecule is Br.I.[CaH2].[LiH]. The molecule has 0 radical (unpaired) electrons. The Morgan fingerprint density at radius 2 is 1.00 bits per heavy atom. The maximum absolute atomic E-state index is 0. The summed E-state index contributed by atoms with van der Waals surface area (Å²) >= 11 is 0. The molecular formula is H5BrCaILi. The van der Waals surface area contributed by atoms with E-state index in [4.69, 9.17) is 0 Å². The third kappa shape index (κ3) is 8.91. The zero-order valence-electron chi connectivity index (χ0n) is 0.816. The van der Waals surface area contributed by atoms with Gasteiger partial charge in [0.1, 0.15) is 0 Å². The molecule has 0 aliphatic rings. The van der Waals surface area contributed by atoms with Gasteiger partial charge in [0.15, 0.2) is 0 Å². The minimum atomic E-state index is 0. The third-order valence-electron chi connectivity index (χ3n) is 0. The van der Waals surface area contributed by atoms with Gasteiger partial charge in [0.25, 0.3) is 0 Å². The first-order valence-electron chi connectivity index (χ1n) is 0. The van der Waals surface area contributed by atoms with Gasteiger partial charge < -0.3 is 0 Å². The summed E-state index contributed by atoms with van der Waals surface area (Å²) in [6, 6.07) is 0. The van der Waals surface area contributed by atoms with E-state index in [9.17, 15) is 0 Å². The van der Waals surface area contributed by atoms with Crippen molar-refractivity contribution in [1.82, 2.24) is 0 Å². The Bertz CT molecular complexity index is 8.00. The summed E-state index contributed by atoms with van der Waals surface area (Å²) in [5.74, 6) is 0. The monoisotopic (exact) mass is 258 g/mol. The van der Waals surface area contributed by atoms with Crippen molar-refractivity contribution in [1.29, 1.82) is 0 Å². The van der Waals surface area contributed by atoms with Crippen molar-refractivity contribution >= 4 is 97.6 Å². The molecule has 0 N–H and O–H groups in total. The molecule has 0 saturated carbocycles. The van der Waals surface area contributed by atoms with Gasteiger partial charge in [-0.1, -0.05) is 0 Å². The Morgan fingerprint density at radius 3 is 1.00 bits per heavy atom. The van der Waals surface area contributed by atoms with Gasteiger partial charge >= 0.3 is 56.6 Å². The Kier molecular flexibility index (Phi) is 114. The molecule has 0 atom stereocenters. The van der Waals surface area contributed by atoms with Crippen molar-refractivity contribution in [3.63, 3.8) is 0 Å². The van der Waals surface area contributed by atoms with Crippen molar-refractivity contribution in [2.45, 2.75) is 0 Å². The number of rotatable bonds is 0. The fraction of sp³-hybridized carbons (Fsp3) is 0. The van der Waals surface area contributed by atoms with Crippen LogP contribution in [0.3, 0.4) is 0 Å². The normalized spacial score (nSPS) is 0. The van der Waals surface area contributed by atoms with E-state index >= 15 is 0 Å². The van der Waals surface area contributed by atoms with Crippen LogP contribution in [0.2, 0.25) is 0 Å². The first-order valence-corrected chi connectivity index (χ1v) is 0. The summed E-state index contributed by atoms with van der Waals surface area (Å²) in [4.78, 5) is 0. The molecule has 0 aromatic rings. The molecule has 0 amide bonds. The first-order chi connectivity index (χ1) is 0. The van der Waals surface area contributed by atoms with Crippen molar-refractivity contribution in [3.05, 3.63) is 0 Å². The van der Waals surface area contributed by atoms with E-state index < -0.39 is 0 Å². The van der Waals surface area contributed by atoms with E-state index in [0.29, 0.717) is 0 Å². The van der Waals surface area contributed by atoms with E-state index in [1.807, 2.05) is 0 Å². The fourth-order valence-electron chi connectivity index (χ4n) is 0. The molecule has 0 fully saturated rings. The molecule has 22 valence electrons. The second-order valence-corrected chi connectivity index (χ2v) is 0. The average Bonchev–Trinajstić information content (AvgIpc) is 0. The van der Waals surface area contributed by atoms with Gasteiger partial charge in [0.05, 0.1) is 0 Å². The molecule has 0 unspecified atom stereocenters. The van der Waals surface area contributed by atoms with Gasteiger partial charge in [0.2, 0.25) is 0 Å². The van der Waals surface area contributed by atoms with Gasteiger partial charge in [-0.25, -0.2) is 0 Å². The first kappa shape index (κ1) is 27.7. The van der Waals surface area contributed by atoms with E-state index in [0.717, 1.165) is 0 Å². The second kappa shape index (κ2) is 16.6. The molecule has 0 rings (SSSR count). The molecule has 4 heteroatoms. The van der Waals surface area contributed by atoms with Crippen LogP contribution >= 0.6 is 41.0 Å². The Morgan fingerprint density at radius 1 is 1.00 bits per heavy atom. The van der Waals surface area contributed by atoms with Gasteiger partial charge in [-0.05, 0) is 0 Å². The summed E-state index contributed by atoms with van der Waals surface area (Å²) in [7, 11) is 0. The van der Waals surface area contributed by atoms with Crippen LogP contribution < -0.4 is 0 Å². The van der Waals surface area contributed by atoms with Gasteiger partial charge in [0, 0.05) is 0 Å². The fourth-order valence-corrected chi connectivity index (χ4v) is 0. The average molecular weight is 259 g/mol. The van der Waals surface area contributed by atoms with Crippen LogP contribution in [0.1, 0.15) is 0 Å². The summed E-state index contributed by atoms with van der Waals surface area (Å²) in [6.45, 7) is 0. The van der Waals surface area contributed by atoms with Crippen LogP contribution in [0.25, 0.3) is 0 Å². The standard InChI is InChI=1S/BrH.Ca.HI.Li.3H/h1H;;1H;;;;. The van der Waals surface area contributed by atoms with E-state index in [-0.39, 0.29) is 97.6 Å². The van der Waals surface area contributed by atoms with Gasteiger partial charge in [-0.2, -0.15) is 0 Å². The molecular weight excluding hydrogens is 254 g/mol. The van der Waals surface area contributed by atoms with Crippen molar-refractivity contribution < 1.29 is 0 Å². The Hall–Kier alpha value is 3.07. The van der Waals surface area contributed by atoms with Crippen molar-refractivity contribution in [3.8, 4) is 0 Å². The number of halogens is 2. The molecule has 0 heterocycles. The molecule has 0 aliphatic heterocycles. The van der Waals surface area contributed by atoms with Crippen LogP contribution in [0.15, 0.2) is 0 Å². The quantitative estimate of drug-likeness (QED) is 0.411. The maximum atomic E-state index is 0. The van der Waals surface area contributed by atoms with E-state index in [2.05, 4.69) is 0 Å². The van der Waals surface area contributed by atoms with Crippen LogP contribution in [0.5, 0.6) is 0 Å². The summed E-state index contributed by atoms with van der Waals surface area (Å²) in [5.41, 5.74) is 0. The molecule has 0 aromatic heterocycles. The van der Waals surface area contributed by atoms with E-state index in [1.54, 1.807) is 0 Å². The Balaban J connectivity index is 0. The van der Waals surface area contributed by atoms with Crippen molar-refractivity contribution in [2.75, 3.05) is 0 Å². The molecule has 0 aromatic carbocycles. The third-order valence-corrected chi connectivity index (χ3v) is 0. The van der Waals surface area contributed by atoms with Crippen LogP contribution in [-0.2, 0) is 0 Å². The second-order valence-electron chi connectivity index (χ2n) is 0. The summed E-state index contributed by atoms with van der Waals surface area (Å²) in [6.07, 6.45) is 0.